The van der Waals surface area contributed by atoms with Crippen molar-refractivity contribution in [2.75, 3.05) is 6.54 Å². The molecule has 35 heavy (non-hydrogen) atoms. The first-order valence-electron chi connectivity index (χ1n) is 11.5. The van der Waals surface area contributed by atoms with Gasteiger partial charge in [0.2, 0.25) is 11.7 Å². The minimum Gasteiger partial charge on any atom is -0.355 e. The first kappa shape index (κ1) is 22.9. The van der Waals surface area contributed by atoms with Crippen molar-refractivity contribution in [3.8, 4) is 5.69 Å². The van der Waals surface area contributed by atoms with E-state index < -0.39 is 5.25 Å². The van der Waals surface area contributed by atoms with Crippen LogP contribution in [-0.4, -0.2) is 36.9 Å². The molecular weight excluding hydrogens is 458 g/mol. The van der Waals surface area contributed by atoms with Crippen LogP contribution in [0.1, 0.15) is 18.1 Å². The number of amides is 1. The molecule has 2 aromatic heterocycles. The predicted molar refractivity (Wildman–Crippen MR) is 139 cm³/mol. The van der Waals surface area contributed by atoms with Gasteiger partial charge in [-0.3, -0.25) is 14.0 Å². The van der Waals surface area contributed by atoms with E-state index in [1.165, 1.54) is 17.3 Å². The van der Waals surface area contributed by atoms with Crippen molar-refractivity contribution in [3.05, 3.63) is 100 Å². The van der Waals surface area contributed by atoms with E-state index in [0.717, 1.165) is 17.7 Å². The molecule has 0 fully saturated rings. The highest BCUT2D eigenvalue weighted by Crippen LogP contribution is 2.26. The Balaban J connectivity index is 1.48. The lowest BCUT2D eigenvalue weighted by Gasteiger charge is -2.14. The number of nitrogens with one attached hydrogen (secondary N) is 1. The number of fused-ring (bicyclic) bond motifs is 3. The van der Waals surface area contributed by atoms with Gasteiger partial charge in [-0.25, -0.2) is 4.57 Å². The fraction of sp³-hybridized carbons (Fsp3) is 0.185. The molecule has 176 valence electrons. The monoisotopic (exact) mass is 483 g/mol. The Bertz CT molecular complexity index is 1580. The highest BCUT2D eigenvalue weighted by molar-refractivity contribution is 8.00. The van der Waals surface area contributed by atoms with E-state index in [1.807, 2.05) is 91.0 Å². The number of benzene rings is 3. The lowest BCUT2D eigenvalue weighted by atomic mass is 10.1. The maximum Gasteiger partial charge on any atom is 0.267 e. The van der Waals surface area contributed by atoms with E-state index in [0.29, 0.717) is 28.4 Å². The molecule has 7 nitrogen and oxygen atoms in total. The van der Waals surface area contributed by atoms with E-state index in [9.17, 15) is 9.59 Å². The summed E-state index contributed by atoms with van der Waals surface area (Å²) >= 11 is 1.32. The molecule has 0 spiro atoms. The Morgan fingerprint density at radius 2 is 1.69 bits per heavy atom. The van der Waals surface area contributed by atoms with Crippen molar-refractivity contribution >= 4 is 34.3 Å². The van der Waals surface area contributed by atoms with Crippen LogP contribution < -0.4 is 10.9 Å². The Labute approximate surface area is 206 Å². The zero-order valence-corrected chi connectivity index (χ0v) is 20.3. The Morgan fingerprint density at radius 1 is 0.971 bits per heavy atom. The number of carbonyl (C=O) groups is 1. The molecule has 0 saturated carbocycles. The highest BCUT2D eigenvalue weighted by Gasteiger charge is 2.22. The number of aromatic nitrogens is 4. The van der Waals surface area contributed by atoms with Crippen molar-refractivity contribution in [3.63, 3.8) is 0 Å². The highest BCUT2D eigenvalue weighted by atomic mass is 32.2. The van der Waals surface area contributed by atoms with Gasteiger partial charge < -0.3 is 5.32 Å². The molecule has 0 bridgehead atoms. The van der Waals surface area contributed by atoms with Gasteiger partial charge in [0.15, 0.2) is 5.16 Å². The van der Waals surface area contributed by atoms with Gasteiger partial charge in [-0.1, -0.05) is 72.4 Å². The van der Waals surface area contributed by atoms with Crippen LogP contribution in [0.3, 0.4) is 0 Å². The lowest BCUT2D eigenvalue weighted by Crippen LogP contribution is -2.32. The molecule has 1 atom stereocenters. The fourth-order valence-corrected chi connectivity index (χ4v) is 5.00. The van der Waals surface area contributed by atoms with Gasteiger partial charge in [0.25, 0.3) is 5.56 Å². The van der Waals surface area contributed by atoms with Crippen molar-refractivity contribution < 1.29 is 4.79 Å². The topological polar surface area (TPSA) is 81.3 Å². The minimum absolute atomic E-state index is 0.0702. The summed E-state index contributed by atoms with van der Waals surface area (Å²) in [6, 6.07) is 25.2. The third-order valence-electron chi connectivity index (χ3n) is 5.96. The maximum absolute atomic E-state index is 13.5. The van der Waals surface area contributed by atoms with Crippen LogP contribution in [0.5, 0.6) is 0 Å². The van der Waals surface area contributed by atoms with Gasteiger partial charge in [0.05, 0.1) is 21.8 Å². The van der Waals surface area contributed by atoms with Crippen LogP contribution in [0, 0.1) is 6.92 Å². The standard InChI is InChI=1S/C27H25N5O2S/c1-18-10-6-8-14-22(18)31-25(34)21-13-7-9-15-23(21)32-26(31)29-30-27(32)35-19(2)24(33)28-17-16-20-11-4-3-5-12-20/h3-15,19H,16-17H2,1-2H3,(H,28,33). The Hall–Kier alpha value is -3.91. The quantitative estimate of drug-likeness (QED) is 0.351. The number of para-hydroxylation sites is 2. The Morgan fingerprint density at radius 3 is 2.49 bits per heavy atom. The fourth-order valence-electron chi connectivity index (χ4n) is 4.12. The summed E-state index contributed by atoms with van der Waals surface area (Å²) in [5, 5.41) is 12.5. The smallest absolute Gasteiger partial charge is 0.267 e. The summed E-state index contributed by atoms with van der Waals surface area (Å²) in [6.07, 6.45) is 0.769. The van der Waals surface area contributed by atoms with Gasteiger partial charge in [-0.05, 0) is 49.6 Å². The zero-order chi connectivity index (χ0) is 24.4. The van der Waals surface area contributed by atoms with Crippen LogP contribution in [0.2, 0.25) is 0 Å². The summed E-state index contributed by atoms with van der Waals surface area (Å²) in [5.41, 5.74) is 3.44. The molecule has 8 heteroatoms. The van der Waals surface area contributed by atoms with E-state index in [2.05, 4.69) is 15.5 Å². The summed E-state index contributed by atoms with van der Waals surface area (Å²) in [6.45, 7) is 4.37. The maximum atomic E-state index is 13.5. The van der Waals surface area contributed by atoms with Crippen LogP contribution in [0.15, 0.2) is 88.8 Å². The second kappa shape index (κ2) is 9.76. The van der Waals surface area contributed by atoms with Gasteiger partial charge in [0.1, 0.15) is 0 Å². The first-order valence-corrected chi connectivity index (χ1v) is 12.4. The molecule has 1 amide bonds. The van der Waals surface area contributed by atoms with Gasteiger partial charge in [-0.2, -0.15) is 0 Å². The van der Waals surface area contributed by atoms with Crippen molar-refractivity contribution in [2.24, 2.45) is 0 Å². The number of nitrogens with zero attached hydrogens (tertiary/aromatic N) is 4. The molecule has 1 unspecified atom stereocenters. The molecule has 0 saturated heterocycles. The van der Waals surface area contributed by atoms with Gasteiger partial charge in [-0.15, -0.1) is 10.2 Å². The van der Waals surface area contributed by atoms with E-state index in [-0.39, 0.29) is 11.5 Å². The third-order valence-corrected chi connectivity index (χ3v) is 7.00. The molecular formula is C27H25N5O2S. The van der Waals surface area contributed by atoms with Gasteiger partial charge in [0, 0.05) is 6.54 Å². The second-order valence-corrected chi connectivity index (χ2v) is 9.66. The van der Waals surface area contributed by atoms with E-state index >= 15 is 0 Å². The number of hydrogen-bond donors (Lipinski definition) is 1. The minimum atomic E-state index is -0.393. The molecule has 0 aliphatic rings. The summed E-state index contributed by atoms with van der Waals surface area (Å²) in [4.78, 5) is 26.3. The van der Waals surface area contributed by atoms with Crippen LogP contribution in [0.4, 0.5) is 0 Å². The van der Waals surface area contributed by atoms with Crippen LogP contribution in [-0.2, 0) is 11.2 Å². The number of rotatable bonds is 7. The SMILES string of the molecule is Cc1ccccc1-n1c(=O)c2ccccc2n2c(SC(C)C(=O)NCCc3ccccc3)nnc12. The summed E-state index contributed by atoms with van der Waals surface area (Å²) in [7, 11) is 0. The molecule has 5 rings (SSSR count). The molecule has 1 N–H and O–H groups in total. The van der Waals surface area contributed by atoms with E-state index in [1.54, 1.807) is 10.6 Å². The predicted octanol–water partition coefficient (Wildman–Crippen LogP) is 4.18. The summed E-state index contributed by atoms with van der Waals surface area (Å²) in [5.74, 6) is 0.349. The van der Waals surface area contributed by atoms with Crippen LogP contribution >= 0.6 is 11.8 Å². The van der Waals surface area contributed by atoms with Gasteiger partial charge >= 0.3 is 0 Å². The van der Waals surface area contributed by atoms with Crippen molar-refractivity contribution in [2.45, 2.75) is 30.7 Å². The molecule has 2 heterocycles. The number of aryl methyl sites for hydroxylation is 1. The zero-order valence-electron chi connectivity index (χ0n) is 19.5. The largest absolute Gasteiger partial charge is 0.355 e. The van der Waals surface area contributed by atoms with Crippen molar-refractivity contribution in [1.82, 2.24) is 24.5 Å². The summed E-state index contributed by atoms with van der Waals surface area (Å²) < 4.78 is 3.46. The van der Waals surface area contributed by atoms with Crippen molar-refractivity contribution in [1.29, 1.82) is 0 Å². The normalized spacial score (nSPS) is 12.2. The second-order valence-electron chi connectivity index (χ2n) is 8.35. The third kappa shape index (κ3) is 4.44. The first-order chi connectivity index (χ1) is 17.0. The average molecular weight is 484 g/mol. The molecule has 0 radical (unpaired) electrons. The Kier molecular flexibility index (Phi) is 6.37. The van der Waals surface area contributed by atoms with E-state index in [4.69, 9.17) is 0 Å². The lowest BCUT2D eigenvalue weighted by molar-refractivity contribution is -0.120. The number of thioether (sulfide) groups is 1. The molecule has 0 aliphatic heterocycles. The molecule has 5 aromatic rings. The average Bonchev–Trinajstić information content (AvgIpc) is 3.29. The molecule has 0 aliphatic carbocycles. The molecule has 3 aromatic carbocycles. The number of carbonyl (C=O) groups excluding carboxylic acids is 1. The van der Waals surface area contributed by atoms with Crippen LogP contribution in [0.25, 0.3) is 22.4 Å². The number of hydrogen-bond acceptors (Lipinski definition) is 5.